The molecule has 1 atom stereocenters. The summed E-state index contributed by atoms with van der Waals surface area (Å²) in [7, 11) is 1.58. The summed E-state index contributed by atoms with van der Waals surface area (Å²) in [6.07, 6.45) is 3.74. The van der Waals surface area contributed by atoms with E-state index in [1.165, 1.54) is 0 Å². The fraction of sp³-hybridized carbons (Fsp3) is 0.562. The molecule has 1 aromatic rings. The van der Waals surface area contributed by atoms with Crippen LogP contribution in [0.1, 0.15) is 44.3 Å². The molecule has 5 heteroatoms. The zero-order chi connectivity index (χ0) is 15.4. The predicted molar refractivity (Wildman–Crippen MR) is 82.4 cm³/mol. The third-order valence-corrected chi connectivity index (χ3v) is 4.08. The lowest BCUT2D eigenvalue weighted by atomic mass is 10.0. The van der Waals surface area contributed by atoms with Crippen molar-refractivity contribution >= 4 is 11.6 Å². The SMILES string of the molecule is COc1cccc(N(CC(N)=O)C2CCCC2)c1[C@H](C)O. The number of primary amides is 1. The van der Waals surface area contributed by atoms with E-state index in [9.17, 15) is 9.90 Å². The summed E-state index contributed by atoms with van der Waals surface area (Å²) in [6.45, 7) is 1.87. The minimum atomic E-state index is -0.673. The monoisotopic (exact) mass is 292 g/mol. The summed E-state index contributed by atoms with van der Waals surface area (Å²) >= 11 is 0. The van der Waals surface area contributed by atoms with Gasteiger partial charge in [0.2, 0.25) is 5.91 Å². The van der Waals surface area contributed by atoms with Crippen molar-refractivity contribution in [2.75, 3.05) is 18.6 Å². The maximum Gasteiger partial charge on any atom is 0.236 e. The smallest absolute Gasteiger partial charge is 0.236 e. The molecule has 0 heterocycles. The van der Waals surface area contributed by atoms with Crippen LogP contribution in [0.3, 0.4) is 0 Å². The third-order valence-electron chi connectivity index (χ3n) is 4.08. The molecule has 0 aliphatic heterocycles. The number of ether oxygens (including phenoxy) is 1. The first-order valence-corrected chi connectivity index (χ1v) is 7.44. The number of anilines is 1. The van der Waals surface area contributed by atoms with E-state index in [0.717, 1.165) is 31.4 Å². The molecule has 1 aliphatic rings. The summed E-state index contributed by atoms with van der Waals surface area (Å²) in [4.78, 5) is 13.5. The standard InChI is InChI=1S/C16H24N2O3/c1-11(19)16-13(8-5-9-14(16)21-2)18(10-15(17)20)12-6-3-4-7-12/h5,8-9,11-12,19H,3-4,6-7,10H2,1-2H3,(H2,17,20)/t11-/m0/s1. The van der Waals surface area contributed by atoms with Crippen molar-refractivity contribution in [1.82, 2.24) is 0 Å². The Kier molecular flexibility index (Phi) is 5.07. The van der Waals surface area contributed by atoms with E-state index in [4.69, 9.17) is 10.5 Å². The Balaban J connectivity index is 2.45. The second kappa shape index (κ2) is 6.80. The first-order chi connectivity index (χ1) is 10.0. The Labute approximate surface area is 125 Å². The highest BCUT2D eigenvalue weighted by Crippen LogP contribution is 2.37. The summed E-state index contributed by atoms with van der Waals surface area (Å²) in [5, 5.41) is 10.1. The van der Waals surface area contributed by atoms with Gasteiger partial charge >= 0.3 is 0 Å². The molecule has 21 heavy (non-hydrogen) atoms. The van der Waals surface area contributed by atoms with Crippen molar-refractivity contribution in [3.63, 3.8) is 0 Å². The molecule has 1 amide bonds. The molecule has 116 valence electrons. The minimum absolute atomic E-state index is 0.164. The predicted octanol–water partition coefficient (Wildman–Crippen LogP) is 1.98. The van der Waals surface area contributed by atoms with Gasteiger partial charge < -0.3 is 20.5 Å². The molecule has 2 rings (SSSR count). The minimum Gasteiger partial charge on any atom is -0.496 e. The Morgan fingerprint density at radius 2 is 2.14 bits per heavy atom. The molecule has 0 spiro atoms. The van der Waals surface area contributed by atoms with Crippen LogP contribution in [0.25, 0.3) is 0 Å². The van der Waals surface area contributed by atoms with Crippen LogP contribution in [0.5, 0.6) is 5.75 Å². The van der Waals surface area contributed by atoms with Crippen LogP contribution in [-0.4, -0.2) is 30.7 Å². The molecular weight excluding hydrogens is 268 g/mol. The highest BCUT2D eigenvalue weighted by molar-refractivity contribution is 5.80. The second-order valence-corrected chi connectivity index (χ2v) is 5.60. The van der Waals surface area contributed by atoms with Crippen LogP contribution < -0.4 is 15.4 Å². The van der Waals surface area contributed by atoms with Gasteiger partial charge in [0, 0.05) is 17.3 Å². The number of methoxy groups -OCH3 is 1. The van der Waals surface area contributed by atoms with Crippen LogP contribution in [0, 0.1) is 0 Å². The Morgan fingerprint density at radius 3 is 2.67 bits per heavy atom. The molecule has 1 fully saturated rings. The Morgan fingerprint density at radius 1 is 1.48 bits per heavy atom. The lowest BCUT2D eigenvalue weighted by Crippen LogP contribution is -2.40. The van der Waals surface area contributed by atoms with E-state index in [1.54, 1.807) is 14.0 Å². The molecule has 5 nitrogen and oxygen atoms in total. The lowest BCUT2D eigenvalue weighted by molar-refractivity contribution is -0.116. The number of amides is 1. The number of carbonyl (C=O) groups excluding carboxylic acids is 1. The van der Waals surface area contributed by atoms with E-state index >= 15 is 0 Å². The fourth-order valence-electron chi connectivity index (χ4n) is 3.18. The maximum atomic E-state index is 11.5. The molecule has 0 bridgehead atoms. The van der Waals surface area contributed by atoms with Gasteiger partial charge in [-0.15, -0.1) is 0 Å². The summed E-state index contributed by atoms with van der Waals surface area (Å²) in [5.41, 5.74) is 6.98. The number of nitrogens with two attached hydrogens (primary N) is 1. The van der Waals surface area contributed by atoms with Gasteiger partial charge in [0.1, 0.15) is 5.75 Å². The highest BCUT2D eigenvalue weighted by Gasteiger charge is 2.27. The van der Waals surface area contributed by atoms with E-state index in [1.807, 2.05) is 23.1 Å². The molecule has 1 aliphatic carbocycles. The van der Waals surface area contributed by atoms with Gasteiger partial charge in [-0.3, -0.25) is 4.79 Å². The first kappa shape index (κ1) is 15.6. The summed E-state index contributed by atoms with van der Waals surface area (Å²) < 4.78 is 5.36. The number of nitrogens with zero attached hydrogens (tertiary/aromatic N) is 1. The van der Waals surface area contributed by atoms with E-state index in [2.05, 4.69) is 0 Å². The van der Waals surface area contributed by atoms with Crippen LogP contribution >= 0.6 is 0 Å². The van der Waals surface area contributed by atoms with Gasteiger partial charge in [-0.2, -0.15) is 0 Å². The quantitative estimate of drug-likeness (QED) is 0.840. The molecule has 0 unspecified atom stereocenters. The van der Waals surface area contributed by atoms with Crippen molar-refractivity contribution in [2.45, 2.75) is 44.8 Å². The zero-order valence-corrected chi connectivity index (χ0v) is 12.7. The normalized spacial score (nSPS) is 16.7. The van der Waals surface area contributed by atoms with Gasteiger partial charge in [0.15, 0.2) is 0 Å². The number of aliphatic hydroxyl groups is 1. The van der Waals surface area contributed by atoms with Gasteiger partial charge in [0.05, 0.1) is 19.8 Å². The van der Waals surface area contributed by atoms with Crippen molar-refractivity contribution in [3.05, 3.63) is 23.8 Å². The topological polar surface area (TPSA) is 75.8 Å². The third kappa shape index (κ3) is 3.47. The summed E-state index contributed by atoms with van der Waals surface area (Å²) in [6, 6.07) is 5.92. The van der Waals surface area contributed by atoms with Crippen molar-refractivity contribution in [3.8, 4) is 5.75 Å². The number of carbonyl (C=O) groups is 1. The van der Waals surface area contributed by atoms with Crippen LogP contribution in [0.15, 0.2) is 18.2 Å². The number of hydrogen-bond acceptors (Lipinski definition) is 4. The van der Waals surface area contributed by atoms with Crippen LogP contribution in [0.2, 0.25) is 0 Å². The van der Waals surface area contributed by atoms with E-state index in [0.29, 0.717) is 17.4 Å². The van der Waals surface area contributed by atoms with Gasteiger partial charge in [-0.1, -0.05) is 18.9 Å². The molecule has 0 radical (unpaired) electrons. The van der Waals surface area contributed by atoms with Crippen molar-refractivity contribution in [1.29, 1.82) is 0 Å². The van der Waals surface area contributed by atoms with Crippen LogP contribution in [-0.2, 0) is 4.79 Å². The molecule has 1 saturated carbocycles. The fourth-order valence-corrected chi connectivity index (χ4v) is 3.18. The van der Waals surface area contributed by atoms with Gasteiger partial charge in [0.25, 0.3) is 0 Å². The number of rotatable bonds is 6. The number of aliphatic hydroxyl groups excluding tert-OH is 1. The Bertz CT molecular complexity index is 496. The molecule has 0 saturated heterocycles. The molecule has 1 aromatic carbocycles. The van der Waals surface area contributed by atoms with E-state index in [-0.39, 0.29) is 12.5 Å². The average molecular weight is 292 g/mol. The highest BCUT2D eigenvalue weighted by atomic mass is 16.5. The average Bonchev–Trinajstić information content (AvgIpc) is 2.97. The largest absolute Gasteiger partial charge is 0.496 e. The maximum absolute atomic E-state index is 11.5. The van der Waals surface area contributed by atoms with Gasteiger partial charge in [-0.05, 0) is 31.9 Å². The molecule has 3 N–H and O–H groups in total. The zero-order valence-electron chi connectivity index (χ0n) is 12.7. The summed E-state index contributed by atoms with van der Waals surface area (Å²) in [5.74, 6) is 0.274. The first-order valence-electron chi connectivity index (χ1n) is 7.44. The number of benzene rings is 1. The molecular formula is C16H24N2O3. The van der Waals surface area contributed by atoms with Crippen molar-refractivity contribution < 1.29 is 14.6 Å². The number of hydrogen-bond donors (Lipinski definition) is 2. The lowest BCUT2D eigenvalue weighted by Gasteiger charge is -2.33. The van der Waals surface area contributed by atoms with E-state index < -0.39 is 6.10 Å². The van der Waals surface area contributed by atoms with Crippen LogP contribution in [0.4, 0.5) is 5.69 Å². The second-order valence-electron chi connectivity index (χ2n) is 5.60. The van der Waals surface area contributed by atoms with Crippen molar-refractivity contribution in [2.24, 2.45) is 5.73 Å². The molecule has 0 aromatic heterocycles. The Hall–Kier alpha value is -1.75. The van der Waals surface area contributed by atoms with Gasteiger partial charge in [-0.25, -0.2) is 0 Å².